The van der Waals surface area contributed by atoms with Gasteiger partial charge in [0, 0.05) is 5.56 Å². The maximum atomic E-state index is 13.4. The van der Waals surface area contributed by atoms with E-state index in [9.17, 15) is 32.3 Å². The first-order chi connectivity index (χ1) is 12.1. The molecule has 138 valence electrons. The van der Waals surface area contributed by atoms with Gasteiger partial charge in [0.05, 0.1) is 23.4 Å². The lowest BCUT2D eigenvalue weighted by molar-refractivity contribution is -0.141. The van der Waals surface area contributed by atoms with Crippen molar-refractivity contribution < 1.29 is 37.0 Å². The highest BCUT2D eigenvalue weighted by molar-refractivity contribution is 6.06. The fraction of sp³-hybridized carbons (Fsp3) is 0.235. The van der Waals surface area contributed by atoms with Crippen molar-refractivity contribution in [2.75, 3.05) is 6.61 Å². The molecule has 0 fully saturated rings. The van der Waals surface area contributed by atoms with Crippen LogP contribution >= 0.6 is 0 Å². The van der Waals surface area contributed by atoms with E-state index in [2.05, 4.69) is 9.72 Å². The fourth-order valence-corrected chi connectivity index (χ4v) is 2.48. The summed E-state index contributed by atoms with van der Waals surface area (Å²) < 4.78 is 58.2. The van der Waals surface area contributed by atoms with Gasteiger partial charge >= 0.3 is 18.1 Å². The monoisotopic (exact) mass is 371 g/mol. The molecule has 0 unspecified atom stereocenters. The summed E-state index contributed by atoms with van der Waals surface area (Å²) in [5.41, 5.74) is -4.20. The van der Waals surface area contributed by atoms with Gasteiger partial charge in [-0.15, -0.1) is 0 Å². The highest BCUT2D eigenvalue weighted by atomic mass is 19.4. The number of carbonyl (C=O) groups excluding carboxylic acids is 1. The van der Waals surface area contributed by atoms with Gasteiger partial charge < -0.3 is 9.84 Å². The van der Waals surface area contributed by atoms with Crippen molar-refractivity contribution in [1.29, 1.82) is 0 Å². The molecule has 0 bridgehead atoms. The molecular weight excluding hydrogens is 358 g/mol. The molecule has 0 saturated carbocycles. The number of aromatic carboxylic acids is 1. The Hall–Kier alpha value is -2.97. The summed E-state index contributed by atoms with van der Waals surface area (Å²) in [4.78, 5) is 27.2. The second-order valence-electron chi connectivity index (χ2n) is 5.20. The summed E-state index contributed by atoms with van der Waals surface area (Å²) in [6, 6.07) is 4.05. The van der Waals surface area contributed by atoms with Crippen LogP contribution in [0.15, 0.2) is 24.3 Å². The van der Waals surface area contributed by atoms with E-state index >= 15 is 0 Å². The van der Waals surface area contributed by atoms with Crippen LogP contribution in [0, 0.1) is 12.7 Å². The molecule has 26 heavy (non-hydrogen) atoms. The van der Waals surface area contributed by atoms with E-state index in [-0.39, 0.29) is 12.2 Å². The molecule has 1 aromatic heterocycles. The van der Waals surface area contributed by atoms with E-state index in [1.54, 1.807) is 0 Å². The summed E-state index contributed by atoms with van der Waals surface area (Å²) in [7, 11) is 0. The molecule has 0 aliphatic heterocycles. The van der Waals surface area contributed by atoms with E-state index in [0.717, 1.165) is 31.2 Å². The maximum Gasteiger partial charge on any atom is 0.434 e. The number of carbonyl (C=O) groups is 2. The van der Waals surface area contributed by atoms with Crippen LogP contribution in [0.4, 0.5) is 17.6 Å². The van der Waals surface area contributed by atoms with Crippen LogP contribution in [-0.4, -0.2) is 28.6 Å². The zero-order valence-electron chi connectivity index (χ0n) is 13.6. The number of ether oxygens (including phenoxy) is 1. The number of aryl methyl sites for hydroxylation is 1. The second kappa shape index (κ2) is 7.11. The van der Waals surface area contributed by atoms with Crippen LogP contribution in [0.5, 0.6) is 0 Å². The number of alkyl halides is 3. The van der Waals surface area contributed by atoms with E-state index < -0.39 is 52.0 Å². The summed E-state index contributed by atoms with van der Waals surface area (Å²) >= 11 is 0. The molecule has 9 heteroatoms. The zero-order valence-corrected chi connectivity index (χ0v) is 13.6. The lowest BCUT2D eigenvalue weighted by atomic mass is 9.92. The molecule has 0 amide bonds. The lowest BCUT2D eigenvalue weighted by Gasteiger charge is -2.19. The number of esters is 1. The Bertz CT molecular complexity index is 861. The van der Waals surface area contributed by atoms with Gasteiger partial charge in [0.2, 0.25) is 0 Å². The molecule has 0 atom stereocenters. The van der Waals surface area contributed by atoms with Crippen LogP contribution in [-0.2, 0) is 10.9 Å². The molecule has 2 rings (SSSR count). The Balaban J connectivity index is 2.99. The third-order valence-corrected chi connectivity index (χ3v) is 3.47. The van der Waals surface area contributed by atoms with Gasteiger partial charge in [-0.25, -0.2) is 19.0 Å². The smallest absolute Gasteiger partial charge is 0.434 e. The van der Waals surface area contributed by atoms with Crippen LogP contribution in [0.25, 0.3) is 11.1 Å². The Morgan fingerprint density at radius 1 is 1.15 bits per heavy atom. The maximum absolute atomic E-state index is 13.4. The first-order valence-electron chi connectivity index (χ1n) is 7.36. The number of carboxylic acid groups (broad SMARTS) is 1. The van der Waals surface area contributed by atoms with Crippen molar-refractivity contribution in [3.63, 3.8) is 0 Å². The summed E-state index contributed by atoms with van der Waals surface area (Å²) in [5.74, 6) is -3.62. The highest BCUT2D eigenvalue weighted by Gasteiger charge is 2.41. The van der Waals surface area contributed by atoms with Crippen LogP contribution in [0.3, 0.4) is 0 Å². The van der Waals surface area contributed by atoms with Crippen molar-refractivity contribution in [2.24, 2.45) is 0 Å². The number of hydrogen-bond donors (Lipinski definition) is 1. The van der Waals surface area contributed by atoms with Gasteiger partial charge in [0.15, 0.2) is 5.69 Å². The summed E-state index contributed by atoms with van der Waals surface area (Å²) in [6.45, 7) is 2.25. The Morgan fingerprint density at radius 3 is 2.19 bits per heavy atom. The fourth-order valence-electron chi connectivity index (χ4n) is 2.48. The molecule has 0 saturated heterocycles. The molecule has 0 radical (unpaired) electrons. The van der Waals surface area contributed by atoms with E-state index in [1.165, 1.54) is 6.92 Å². The molecule has 0 aliphatic rings. The average Bonchev–Trinajstić information content (AvgIpc) is 2.53. The number of pyridine rings is 1. The predicted molar refractivity (Wildman–Crippen MR) is 82.3 cm³/mol. The standard InChI is InChI=1S/C17H13F4NO4/c1-3-26-16(25)13-12(9-4-6-10(18)7-5-9)11(15(23)24)8(2)22-14(13)17(19,20)21/h4-7H,3H2,1-2H3,(H,23,24). The van der Waals surface area contributed by atoms with Gasteiger partial charge in [-0.2, -0.15) is 13.2 Å². The van der Waals surface area contributed by atoms with Gasteiger partial charge in [-0.05, 0) is 31.5 Å². The molecule has 0 spiro atoms. The van der Waals surface area contributed by atoms with Gasteiger partial charge in [0.25, 0.3) is 0 Å². The molecule has 1 aromatic carbocycles. The third kappa shape index (κ3) is 3.66. The molecular formula is C17H13F4NO4. The SMILES string of the molecule is CCOC(=O)c1c(C(F)(F)F)nc(C)c(C(=O)O)c1-c1ccc(F)cc1. The van der Waals surface area contributed by atoms with Gasteiger partial charge in [0.1, 0.15) is 5.82 Å². The molecule has 1 heterocycles. The van der Waals surface area contributed by atoms with Crippen LogP contribution in [0.1, 0.15) is 39.0 Å². The number of hydrogen-bond acceptors (Lipinski definition) is 4. The first-order valence-corrected chi connectivity index (χ1v) is 7.36. The van der Waals surface area contributed by atoms with Crippen LogP contribution < -0.4 is 0 Å². The largest absolute Gasteiger partial charge is 0.478 e. The lowest BCUT2D eigenvalue weighted by Crippen LogP contribution is -2.22. The minimum absolute atomic E-state index is 0.0807. The number of carboxylic acids is 1. The van der Waals surface area contributed by atoms with Crippen molar-refractivity contribution in [2.45, 2.75) is 20.0 Å². The van der Waals surface area contributed by atoms with Crippen molar-refractivity contribution in [3.8, 4) is 11.1 Å². The quantitative estimate of drug-likeness (QED) is 0.647. The number of halogens is 4. The minimum Gasteiger partial charge on any atom is -0.478 e. The second-order valence-corrected chi connectivity index (χ2v) is 5.20. The van der Waals surface area contributed by atoms with Crippen molar-refractivity contribution in [1.82, 2.24) is 4.98 Å². The third-order valence-electron chi connectivity index (χ3n) is 3.47. The Kier molecular flexibility index (Phi) is 5.29. The first kappa shape index (κ1) is 19.4. The molecule has 5 nitrogen and oxygen atoms in total. The highest BCUT2D eigenvalue weighted by Crippen LogP contribution is 2.39. The zero-order chi connectivity index (χ0) is 19.6. The number of rotatable bonds is 4. The summed E-state index contributed by atoms with van der Waals surface area (Å²) in [5, 5.41) is 9.44. The van der Waals surface area contributed by atoms with Crippen molar-refractivity contribution in [3.05, 3.63) is 52.6 Å². The predicted octanol–water partition coefficient (Wildman–Crippen LogP) is 4.09. The van der Waals surface area contributed by atoms with Crippen LogP contribution in [0.2, 0.25) is 0 Å². The number of benzene rings is 1. The number of aromatic nitrogens is 1. The average molecular weight is 371 g/mol. The van der Waals surface area contributed by atoms with E-state index in [0.29, 0.717) is 0 Å². The molecule has 2 aromatic rings. The van der Waals surface area contributed by atoms with E-state index in [1.807, 2.05) is 0 Å². The van der Waals surface area contributed by atoms with Gasteiger partial charge in [-0.1, -0.05) is 12.1 Å². The molecule has 0 aliphatic carbocycles. The Morgan fingerprint density at radius 2 is 1.73 bits per heavy atom. The Labute approximate surface area is 145 Å². The molecule has 1 N–H and O–H groups in total. The normalized spacial score (nSPS) is 11.3. The number of nitrogens with zero attached hydrogens (tertiary/aromatic N) is 1. The minimum atomic E-state index is -5.03. The van der Waals surface area contributed by atoms with Crippen molar-refractivity contribution >= 4 is 11.9 Å². The summed E-state index contributed by atoms with van der Waals surface area (Å²) in [6.07, 6.45) is -5.03. The van der Waals surface area contributed by atoms with E-state index in [4.69, 9.17) is 0 Å². The van der Waals surface area contributed by atoms with Gasteiger partial charge in [-0.3, -0.25) is 0 Å². The topological polar surface area (TPSA) is 76.5 Å².